The van der Waals surface area contributed by atoms with E-state index in [0.29, 0.717) is 19.1 Å². The largest absolute Gasteiger partial charge is 0.357 e. The third-order valence-electron chi connectivity index (χ3n) is 3.67. The van der Waals surface area contributed by atoms with Gasteiger partial charge in [0.1, 0.15) is 0 Å². The number of hydrogen-bond acceptors (Lipinski definition) is 2. The van der Waals surface area contributed by atoms with Crippen LogP contribution in [0.15, 0.2) is 4.99 Å². The van der Waals surface area contributed by atoms with Crippen molar-refractivity contribution < 1.29 is 4.79 Å². The average molecular weight is 266 g/mol. The minimum Gasteiger partial charge on any atom is -0.357 e. The number of guanidine groups is 1. The summed E-state index contributed by atoms with van der Waals surface area (Å²) in [5, 5.41) is 9.66. The molecule has 0 heterocycles. The lowest BCUT2D eigenvalue weighted by molar-refractivity contribution is -0.122. The van der Waals surface area contributed by atoms with Crippen LogP contribution in [0.5, 0.6) is 0 Å². The molecule has 2 saturated carbocycles. The molecule has 1 amide bonds. The van der Waals surface area contributed by atoms with E-state index in [1.165, 1.54) is 25.7 Å². The molecule has 0 aromatic heterocycles. The van der Waals surface area contributed by atoms with Gasteiger partial charge in [0.15, 0.2) is 5.96 Å². The highest BCUT2D eigenvalue weighted by Gasteiger charge is 2.28. The van der Waals surface area contributed by atoms with E-state index < -0.39 is 0 Å². The van der Waals surface area contributed by atoms with E-state index in [0.717, 1.165) is 25.3 Å². The number of carbonyl (C=O) groups excluding carboxylic acids is 1. The van der Waals surface area contributed by atoms with Gasteiger partial charge in [-0.3, -0.25) is 9.79 Å². The monoisotopic (exact) mass is 266 g/mol. The summed E-state index contributed by atoms with van der Waals surface area (Å²) >= 11 is 0. The Balaban J connectivity index is 1.67. The van der Waals surface area contributed by atoms with Crippen molar-refractivity contribution in [2.24, 2.45) is 10.9 Å². The van der Waals surface area contributed by atoms with Gasteiger partial charge in [-0.1, -0.05) is 12.8 Å². The highest BCUT2D eigenvalue weighted by Crippen LogP contribution is 2.28. The second-order valence-electron chi connectivity index (χ2n) is 5.45. The van der Waals surface area contributed by atoms with Crippen molar-refractivity contribution in [2.75, 3.05) is 19.6 Å². The van der Waals surface area contributed by atoms with E-state index in [1.807, 2.05) is 0 Å². The normalized spacial score (nSPS) is 20.4. The molecule has 5 heteroatoms. The molecule has 5 nitrogen and oxygen atoms in total. The van der Waals surface area contributed by atoms with Gasteiger partial charge in [0.2, 0.25) is 5.91 Å². The van der Waals surface area contributed by atoms with Crippen LogP contribution >= 0.6 is 0 Å². The summed E-state index contributed by atoms with van der Waals surface area (Å²) in [6.45, 7) is 4.21. The summed E-state index contributed by atoms with van der Waals surface area (Å²) in [6.07, 6.45) is 7.22. The standard InChI is InChI=1S/C14H26N4O/c1-2-15-14(18-12-5-3-4-6-12)17-10-9-16-13(19)11-7-8-11/h11-12H,2-10H2,1H3,(H,16,19)(H2,15,17,18). The van der Waals surface area contributed by atoms with E-state index in [-0.39, 0.29) is 11.8 Å². The van der Waals surface area contributed by atoms with Gasteiger partial charge in [0, 0.05) is 25.0 Å². The molecule has 2 fully saturated rings. The van der Waals surface area contributed by atoms with Crippen LogP contribution in [0.1, 0.15) is 45.4 Å². The Morgan fingerprint density at radius 2 is 1.89 bits per heavy atom. The van der Waals surface area contributed by atoms with E-state index in [1.54, 1.807) is 0 Å². The van der Waals surface area contributed by atoms with Crippen molar-refractivity contribution in [2.45, 2.75) is 51.5 Å². The number of rotatable bonds is 6. The quantitative estimate of drug-likeness (QED) is 0.382. The van der Waals surface area contributed by atoms with E-state index >= 15 is 0 Å². The first-order valence-corrected chi connectivity index (χ1v) is 7.62. The summed E-state index contributed by atoms with van der Waals surface area (Å²) in [4.78, 5) is 16.0. The third kappa shape index (κ3) is 5.09. The zero-order chi connectivity index (χ0) is 13.5. The molecule has 2 aliphatic carbocycles. The van der Waals surface area contributed by atoms with Gasteiger partial charge in [-0.15, -0.1) is 0 Å². The highest BCUT2D eigenvalue weighted by molar-refractivity contribution is 5.81. The highest BCUT2D eigenvalue weighted by atomic mass is 16.2. The lowest BCUT2D eigenvalue weighted by Gasteiger charge is -2.16. The fourth-order valence-corrected chi connectivity index (χ4v) is 2.42. The van der Waals surface area contributed by atoms with Crippen LogP contribution in [0.4, 0.5) is 0 Å². The fraction of sp³-hybridized carbons (Fsp3) is 0.857. The van der Waals surface area contributed by atoms with E-state index in [4.69, 9.17) is 0 Å². The number of nitrogens with zero attached hydrogens (tertiary/aromatic N) is 1. The minimum atomic E-state index is 0.198. The Kier molecular flexibility index (Phi) is 5.48. The molecule has 2 rings (SSSR count). The van der Waals surface area contributed by atoms with Gasteiger partial charge in [-0.05, 0) is 32.6 Å². The number of nitrogens with one attached hydrogen (secondary N) is 3. The Labute approximate surface area is 115 Å². The third-order valence-corrected chi connectivity index (χ3v) is 3.67. The second-order valence-corrected chi connectivity index (χ2v) is 5.45. The predicted molar refractivity (Wildman–Crippen MR) is 77.1 cm³/mol. The number of hydrogen-bond donors (Lipinski definition) is 3. The van der Waals surface area contributed by atoms with Crippen LogP contribution < -0.4 is 16.0 Å². The van der Waals surface area contributed by atoms with Crippen LogP contribution in [0.3, 0.4) is 0 Å². The maximum Gasteiger partial charge on any atom is 0.223 e. The van der Waals surface area contributed by atoms with Gasteiger partial charge in [0.05, 0.1) is 6.54 Å². The van der Waals surface area contributed by atoms with Crippen molar-refractivity contribution in [1.82, 2.24) is 16.0 Å². The van der Waals surface area contributed by atoms with Crippen molar-refractivity contribution >= 4 is 11.9 Å². The van der Waals surface area contributed by atoms with Crippen LogP contribution in [0.25, 0.3) is 0 Å². The Morgan fingerprint density at radius 1 is 1.16 bits per heavy atom. The summed E-state index contributed by atoms with van der Waals surface area (Å²) in [5.41, 5.74) is 0. The number of amides is 1. The lowest BCUT2D eigenvalue weighted by atomic mass is 10.2. The Morgan fingerprint density at radius 3 is 2.53 bits per heavy atom. The zero-order valence-corrected chi connectivity index (χ0v) is 11.9. The first kappa shape index (κ1) is 14.2. The molecule has 0 aromatic rings. The fourth-order valence-electron chi connectivity index (χ4n) is 2.42. The molecule has 0 aromatic carbocycles. The van der Waals surface area contributed by atoms with Gasteiger partial charge in [-0.25, -0.2) is 0 Å². The molecule has 0 atom stereocenters. The molecule has 2 aliphatic rings. The Bertz CT molecular complexity index is 319. The molecule has 0 spiro atoms. The van der Waals surface area contributed by atoms with Gasteiger partial charge in [0.25, 0.3) is 0 Å². The first-order valence-electron chi connectivity index (χ1n) is 7.62. The molecule has 0 unspecified atom stereocenters. The molecule has 0 bridgehead atoms. The van der Waals surface area contributed by atoms with Gasteiger partial charge >= 0.3 is 0 Å². The van der Waals surface area contributed by atoms with Crippen molar-refractivity contribution in [1.29, 1.82) is 0 Å². The van der Waals surface area contributed by atoms with Crippen LogP contribution in [0, 0.1) is 5.92 Å². The number of carbonyl (C=O) groups is 1. The molecule has 108 valence electrons. The van der Waals surface area contributed by atoms with Crippen molar-refractivity contribution in [3.8, 4) is 0 Å². The van der Waals surface area contributed by atoms with Crippen molar-refractivity contribution in [3.05, 3.63) is 0 Å². The van der Waals surface area contributed by atoms with Crippen molar-refractivity contribution in [3.63, 3.8) is 0 Å². The van der Waals surface area contributed by atoms with Crippen LogP contribution in [-0.2, 0) is 4.79 Å². The first-order chi connectivity index (χ1) is 9.29. The molecule has 0 saturated heterocycles. The molecule has 0 aliphatic heterocycles. The second kappa shape index (κ2) is 7.36. The molecular formula is C14H26N4O. The van der Waals surface area contributed by atoms with E-state index in [2.05, 4.69) is 27.9 Å². The van der Waals surface area contributed by atoms with Gasteiger partial charge in [-0.2, -0.15) is 0 Å². The summed E-state index contributed by atoms with van der Waals surface area (Å²) in [7, 11) is 0. The SMILES string of the molecule is CCNC(=NCCNC(=O)C1CC1)NC1CCCC1. The van der Waals surface area contributed by atoms with Gasteiger partial charge < -0.3 is 16.0 Å². The average Bonchev–Trinajstić information content (AvgIpc) is 3.14. The van der Waals surface area contributed by atoms with Crippen LogP contribution in [0.2, 0.25) is 0 Å². The molecular weight excluding hydrogens is 240 g/mol. The minimum absolute atomic E-state index is 0.198. The Hall–Kier alpha value is -1.26. The predicted octanol–water partition coefficient (Wildman–Crippen LogP) is 1.01. The smallest absolute Gasteiger partial charge is 0.223 e. The maximum atomic E-state index is 11.5. The molecule has 3 N–H and O–H groups in total. The molecule has 0 radical (unpaired) electrons. The zero-order valence-electron chi connectivity index (χ0n) is 11.9. The maximum absolute atomic E-state index is 11.5. The number of aliphatic imine (C=N–C) groups is 1. The summed E-state index contributed by atoms with van der Waals surface area (Å²) < 4.78 is 0. The van der Waals surface area contributed by atoms with Crippen LogP contribution in [-0.4, -0.2) is 37.5 Å². The molecule has 19 heavy (non-hydrogen) atoms. The summed E-state index contributed by atoms with van der Waals surface area (Å²) in [6, 6.07) is 0.568. The van der Waals surface area contributed by atoms with E-state index in [9.17, 15) is 4.79 Å². The lowest BCUT2D eigenvalue weighted by Crippen LogP contribution is -2.42. The summed E-state index contributed by atoms with van der Waals surface area (Å²) in [5.74, 6) is 1.37. The topological polar surface area (TPSA) is 65.5 Å².